The molecule has 3 heteroatoms. The first-order valence-electron chi connectivity index (χ1n) is 8.03. The number of hydrogen-bond acceptors (Lipinski definition) is 2. The van der Waals surface area contributed by atoms with E-state index >= 15 is 0 Å². The lowest BCUT2D eigenvalue weighted by Crippen LogP contribution is -2.37. The predicted octanol–water partition coefficient (Wildman–Crippen LogP) is 3.20. The average Bonchev–Trinajstić information content (AvgIpc) is 2.94. The molecule has 110 valence electrons. The molecule has 0 spiro atoms. The number of hydrogen-bond donors (Lipinski definition) is 1. The van der Waals surface area contributed by atoms with Gasteiger partial charge in [-0.15, -0.1) is 0 Å². The molecule has 0 aromatic heterocycles. The molecule has 3 atom stereocenters. The molecule has 1 N–H and O–H groups in total. The second-order valence-corrected chi connectivity index (χ2v) is 7.86. The molecule has 1 aromatic rings. The van der Waals surface area contributed by atoms with Gasteiger partial charge in [0, 0.05) is 16.2 Å². The van der Waals surface area contributed by atoms with Crippen LogP contribution in [0.4, 0.5) is 0 Å². The minimum absolute atomic E-state index is 0.340. The van der Waals surface area contributed by atoms with E-state index in [-0.39, 0.29) is 0 Å². The molecule has 3 unspecified atom stereocenters. The summed E-state index contributed by atoms with van der Waals surface area (Å²) in [5.41, 5.74) is 2.91. The second-order valence-electron chi connectivity index (χ2n) is 6.12. The highest BCUT2D eigenvalue weighted by molar-refractivity contribution is 7.85. The van der Waals surface area contributed by atoms with Crippen LogP contribution in [0, 0.1) is 0 Å². The van der Waals surface area contributed by atoms with Crippen LogP contribution in [0.3, 0.4) is 0 Å². The highest BCUT2D eigenvalue weighted by atomic mass is 32.2. The lowest BCUT2D eigenvalue weighted by Gasteiger charge is -2.29. The molecule has 0 radical (unpaired) electrons. The molecule has 1 saturated carbocycles. The first-order chi connectivity index (χ1) is 9.78. The Bertz CT molecular complexity index is 498. The largest absolute Gasteiger partial charge is 0.314 e. The van der Waals surface area contributed by atoms with Gasteiger partial charge in [-0.3, -0.25) is 4.21 Å². The minimum Gasteiger partial charge on any atom is -0.314 e. The zero-order valence-corrected chi connectivity index (χ0v) is 13.2. The van der Waals surface area contributed by atoms with E-state index in [2.05, 4.69) is 30.4 Å². The number of benzene rings is 1. The van der Waals surface area contributed by atoms with Crippen LogP contribution < -0.4 is 5.32 Å². The van der Waals surface area contributed by atoms with Gasteiger partial charge < -0.3 is 5.32 Å². The lowest BCUT2D eigenvalue weighted by atomic mass is 9.95. The molecule has 0 heterocycles. The van der Waals surface area contributed by atoms with E-state index in [1.54, 1.807) is 0 Å². The molecule has 3 rings (SSSR count). The summed E-state index contributed by atoms with van der Waals surface area (Å²) >= 11 is 0. The van der Waals surface area contributed by atoms with E-state index < -0.39 is 10.8 Å². The monoisotopic (exact) mass is 291 g/mol. The van der Waals surface area contributed by atoms with Crippen molar-refractivity contribution in [3.8, 4) is 0 Å². The summed E-state index contributed by atoms with van der Waals surface area (Å²) in [6.45, 7) is 3.17. The Kier molecular flexibility index (Phi) is 4.57. The van der Waals surface area contributed by atoms with Gasteiger partial charge in [-0.05, 0) is 68.3 Å². The van der Waals surface area contributed by atoms with Crippen molar-refractivity contribution in [2.75, 3.05) is 6.54 Å². The standard InChI is InChI=1S/C17H25NOS/c1-2-18-15-7-4-8-16(12-15)20(19)17-10-9-13-5-3-6-14(13)11-17/h9-11,15-16,18H,2-8,12H2,1H3. The van der Waals surface area contributed by atoms with Crippen molar-refractivity contribution in [2.24, 2.45) is 0 Å². The van der Waals surface area contributed by atoms with Gasteiger partial charge in [-0.25, -0.2) is 0 Å². The molecule has 1 aromatic carbocycles. The van der Waals surface area contributed by atoms with E-state index in [1.807, 2.05) is 0 Å². The van der Waals surface area contributed by atoms with E-state index in [4.69, 9.17) is 0 Å². The zero-order valence-electron chi connectivity index (χ0n) is 12.4. The van der Waals surface area contributed by atoms with Crippen molar-refractivity contribution in [3.05, 3.63) is 29.3 Å². The summed E-state index contributed by atoms with van der Waals surface area (Å²) in [4.78, 5) is 1.06. The fourth-order valence-electron chi connectivity index (χ4n) is 3.68. The second kappa shape index (κ2) is 6.40. The first-order valence-corrected chi connectivity index (χ1v) is 9.25. The van der Waals surface area contributed by atoms with E-state index in [1.165, 1.54) is 43.2 Å². The van der Waals surface area contributed by atoms with Gasteiger partial charge in [0.15, 0.2) is 0 Å². The van der Waals surface area contributed by atoms with E-state index in [0.717, 1.165) is 24.3 Å². The number of fused-ring (bicyclic) bond motifs is 1. The third-order valence-electron chi connectivity index (χ3n) is 4.72. The normalized spacial score (nSPS) is 27.2. The van der Waals surface area contributed by atoms with Crippen molar-refractivity contribution in [2.45, 2.75) is 68.1 Å². The molecule has 20 heavy (non-hydrogen) atoms. The quantitative estimate of drug-likeness (QED) is 0.923. The molecular formula is C17H25NOS. The maximum absolute atomic E-state index is 12.8. The van der Waals surface area contributed by atoms with Crippen LogP contribution in [0.15, 0.2) is 23.1 Å². The molecular weight excluding hydrogens is 266 g/mol. The maximum Gasteiger partial charge on any atom is 0.0561 e. The van der Waals surface area contributed by atoms with Crippen molar-refractivity contribution >= 4 is 10.8 Å². The highest BCUT2D eigenvalue weighted by Crippen LogP contribution is 2.29. The molecule has 0 bridgehead atoms. The lowest BCUT2D eigenvalue weighted by molar-refractivity contribution is 0.383. The summed E-state index contributed by atoms with van der Waals surface area (Å²) in [5.74, 6) is 0. The van der Waals surface area contributed by atoms with Crippen LogP contribution in [-0.4, -0.2) is 22.0 Å². The molecule has 0 saturated heterocycles. The zero-order chi connectivity index (χ0) is 13.9. The fraction of sp³-hybridized carbons (Fsp3) is 0.647. The van der Waals surface area contributed by atoms with E-state index in [9.17, 15) is 4.21 Å². The van der Waals surface area contributed by atoms with Crippen LogP contribution in [0.5, 0.6) is 0 Å². The molecule has 2 aliphatic rings. The van der Waals surface area contributed by atoms with Gasteiger partial charge in [0.2, 0.25) is 0 Å². The molecule has 1 fully saturated rings. The van der Waals surface area contributed by atoms with Gasteiger partial charge in [0.1, 0.15) is 0 Å². The topological polar surface area (TPSA) is 29.1 Å². The fourth-order valence-corrected chi connectivity index (χ4v) is 5.31. The van der Waals surface area contributed by atoms with Crippen molar-refractivity contribution in [3.63, 3.8) is 0 Å². The van der Waals surface area contributed by atoms with Crippen LogP contribution in [-0.2, 0) is 23.6 Å². The average molecular weight is 291 g/mol. The first kappa shape index (κ1) is 14.3. The van der Waals surface area contributed by atoms with Gasteiger partial charge in [0.05, 0.1) is 10.8 Å². The van der Waals surface area contributed by atoms with E-state index in [0.29, 0.717) is 11.3 Å². The Morgan fingerprint density at radius 2 is 2.05 bits per heavy atom. The minimum atomic E-state index is -0.827. The maximum atomic E-state index is 12.8. The Hall–Kier alpha value is -0.670. The highest BCUT2D eigenvalue weighted by Gasteiger charge is 2.27. The summed E-state index contributed by atoms with van der Waals surface area (Å²) in [5, 5.41) is 3.87. The SMILES string of the molecule is CCNC1CCCC(S(=O)c2ccc3c(c2)CCC3)C1. The van der Waals surface area contributed by atoms with Crippen molar-refractivity contribution in [1.29, 1.82) is 0 Å². The summed E-state index contributed by atoms with van der Waals surface area (Å²) < 4.78 is 12.8. The summed E-state index contributed by atoms with van der Waals surface area (Å²) in [7, 11) is -0.827. The van der Waals surface area contributed by atoms with Gasteiger partial charge in [0.25, 0.3) is 0 Å². The Morgan fingerprint density at radius 1 is 1.20 bits per heavy atom. The van der Waals surface area contributed by atoms with Crippen molar-refractivity contribution < 1.29 is 4.21 Å². The molecule has 0 amide bonds. The third kappa shape index (κ3) is 2.99. The number of nitrogens with one attached hydrogen (secondary N) is 1. The van der Waals surface area contributed by atoms with Crippen LogP contribution in [0.25, 0.3) is 0 Å². The van der Waals surface area contributed by atoms with Gasteiger partial charge in [-0.1, -0.05) is 19.4 Å². The third-order valence-corrected chi connectivity index (χ3v) is 6.48. The predicted molar refractivity (Wildman–Crippen MR) is 84.6 cm³/mol. The van der Waals surface area contributed by atoms with Gasteiger partial charge >= 0.3 is 0 Å². The Balaban J connectivity index is 1.72. The van der Waals surface area contributed by atoms with Crippen LogP contribution in [0.2, 0.25) is 0 Å². The molecule has 2 aliphatic carbocycles. The Labute approximate surface area is 124 Å². The van der Waals surface area contributed by atoms with Gasteiger partial charge in [-0.2, -0.15) is 0 Å². The smallest absolute Gasteiger partial charge is 0.0561 e. The van der Waals surface area contributed by atoms with Crippen LogP contribution in [0.1, 0.15) is 50.2 Å². The molecule has 2 nitrogen and oxygen atoms in total. The Morgan fingerprint density at radius 3 is 2.90 bits per heavy atom. The summed E-state index contributed by atoms with van der Waals surface area (Å²) in [6, 6.07) is 7.10. The van der Waals surface area contributed by atoms with Crippen LogP contribution >= 0.6 is 0 Å². The van der Waals surface area contributed by atoms with Crippen molar-refractivity contribution in [1.82, 2.24) is 5.32 Å². The summed E-state index contributed by atoms with van der Waals surface area (Å²) in [6.07, 6.45) is 8.27. The number of aryl methyl sites for hydroxylation is 2. The molecule has 0 aliphatic heterocycles. The number of rotatable bonds is 4.